The molecule has 0 bridgehead atoms. The van der Waals surface area contributed by atoms with Crippen LogP contribution >= 0.6 is 0 Å². The van der Waals surface area contributed by atoms with E-state index in [1.807, 2.05) is 25.2 Å². The van der Waals surface area contributed by atoms with Crippen molar-refractivity contribution in [2.24, 2.45) is 0 Å². The maximum Gasteiger partial charge on any atom is 0.273 e. The molecule has 0 N–H and O–H groups in total. The predicted molar refractivity (Wildman–Crippen MR) is 119 cm³/mol. The summed E-state index contributed by atoms with van der Waals surface area (Å²) in [5, 5.41) is 0. The number of benzene rings is 2. The number of hydrogen-bond acceptors (Lipinski definition) is 3. The Morgan fingerprint density at radius 2 is 1.74 bits per heavy atom. The van der Waals surface area contributed by atoms with Crippen LogP contribution in [0.5, 0.6) is 5.75 Å². The molecule has 0 aliphatic carbocycles. The molecule has 0 radical (unpaired) electrons. The summed E-state index contributed by atoms with van der Waals surface area (Å²) in [6.07, 6.45) is 1.69. The van der Waals surface area contributed by atoms with Crippen LogP contribution < -0.4 is 4.74 Å². The highest BCUT2D eigenvalue weighted by Crippen LogP contribution is 2.35. The standard InChI is InChI=1S/C25H32F2N2O2/c1-28-15-17-29(18-16-28)24(30)13-6-14-25(26,27)22-11-5-12-23(20-22)31-19-7-10-21-8-3-2-4-9-21/h2-5,8-9,11-12,20H,6-7,10,13-19H2,1H3. The van der Waals surface area contributed by atoms with Crippen molar-refractivity contribution >= 4 is 5.91 Å². The van der Waals surface area contributed by atoms with E-state index in [2.05, 4.69) is 17.0 Å². The summed E-state index contributed by atoms with van der Waals surface area (Å²) in [7, 11) is 2.02. The maximum atomic E-state index is 14.7. The number of piperazine rings is 1. The highest BCUT2D eigenvalue weighted by atomic mass is 19.3. The summed E-state index contributed by atoms with van der Waals surface area (Å²) in [6.45, 7) is 3.49. The Bertz CT molecular complexity index is 821. The van der Waals surface area contributed by atoms with E-state index in [0.717, 1.165) is 25.9 Å². The first-order valence-corrected chi connectivity index (χ1v) is 11.1. The Labute approximate surface area is 183 Å². The average Bonchev–Trinajstić information content (AvgIpc) is 2.78. The second-order valence-electron chi connectivity index (χ2n) is 8.21. The molecular weight excluding hydrogens is 398 g/mol. The normalized spacial score (nSPS) is 15.1. The van der Waals surface area contributed by atoms with Crippen molar-refractivity contribution in [3.05, 3.63) is 65.7 Å². The van der Waals surface area contributed by atoms with Crippen LogP contribution in [0, 0.1) is 0 Å². The largest absolute Gasteiger partial charge is 0.494 e. The molecule has 4 nitrogen and oxygen atoms in total. The first kappa shape index (κ1) is 23.2. The fraction of sp³-hybridized carbons (Fsp3) is 0.480. The van der Waals surface area contributed by atoms with Gasteiger partial charge in [0.05, 0.1) is 6.61 Å². The van der Waals surface area contributed by atoms with Crippen LogP contribution in [0.15, 0.2) is 54.6 Å². The third-order valence-corrected chi connectivity index (χ3v) is 5.72. The molecule has 1 heterocycles. The van der Waals surface area contributed by atoms with E-state index < -0.39 is 5.92 Å². The highest BCUT2D eigenvalue weighted by molar-refractivity contribution is 5.76. The molecule has 2 aromatic carbocycles. The molecule has 3 rings (SSSR count). The number of hydrogen-bond donors (Lipinski definition) is 0. The SMILES string of the molecule is CN1CCN(C(=O)CCCC(F)(F)c2cccc(OCCCc3ccccc3)c2)CC1. The number of carbonyl (C=O) groups is 1. The molecule has 0 unspecified atom stereocenters. The topological polar surface area (TPSA) is 32.8 Å². The van der Waals surface area contributed by atoms with Crippen LogP contribution in [0.2, 0.25) is 0 Å². The zero-order chi connectivity index (χ0) is 22.1. The van der Waals surface area contributed by atoms with E-state index >= 15 is 0 Å². The predicted octanol–water partition coefficient (Wildman–Crippen LogP) is 4.73. The molecule has 1 amide bonds. The van der Waals surface area contributed by atoms with Crippen molar-refractivity contribution in [1.82, 2.24) is 9.80 Å². The molecule has 0 atom stereocenters. The van der Waals surface area contributed by atoms with Gasteiger partial charge in [-0.1, -0.05) is 42.5 Å². The number of alkyl halides is 2. The molecule has 6 heteroatoms. The second kappa shape index (κ2) is 11.2. The van der Waals surface area contributed by atoms with Gasteiger partial charge in [-0.2, -0.15) is 0 Å². The molecule has 1 aliphatic rings. The van der Waals surface area contributed by atoms with Gasteiger partial charge in [0.25, 0.3) is 5.92 Å². The third-order valence-electron chi connectivity index (χ3n) is 5.72. The monoisotopic (exact) mass is 430 g/mol. The minimum atomic E-state index is -2.98. The summed E-state index contributed by atoms with van der Waals surface area (Å²) in [5.41, 5.74) is 1.18. The van der Waals surface area contributed by atoms with Gasteiger partial charge >= 0.3 is 0 Å². The van der Waals surface area contributed by atoms with E-state index in [1.165, 1.54) is 17.7 Å². The van der Waals surface area contributed by atoms with Gasteiger partial charge < -0.3 is 14.5 Å². The van der Waals surface area contributed by atoms with Crippen LogP contribution in [0.1, 0.15) is 36.8 Å². The van der Waals surface area contributed by atoms with Crippen LogP contribution in [0.4, 0.5) is 8.78 Å². The lowest BCUT2D eigenvalue weighted by Crippen LogP contribution is -2.47. The molecule has 1 saturated heterocycles. The number of carbonyl (C=O) groups excluding carboxylic acids is 1. The van der Waals surface area contributed by atoms with Gasteiger partial charge in [-0.15, -0.1) is 0 Å². The number of nitrogens with zero attached hydrogens (tertiary/aromatic N) is 2. The minimum Gasteiger partial charge on any atom is -0.494 e. The lowest BCUT2D eigenvalue weighted by molar-refractivity contribution is -0.133. The van der Waals surface area contributed by atoms with Crippen LogP contribution in [0.25, 0.3) is 0 Å². The highest BCUT2D eigenvalue weighted by Gasteiger charge is 2.32. The van der Waals surface area contributed by atoms with Crippen LogP contribution in [-0.4, -0.2) is 55.5 Å². The van der Waals surface area contributed by atoms with Crippen molar-refractivity contribution in [1.29, 1.82) is 0 Å². The molecule has 31 heavy (non-hydrogen) atoms. The van der Waals surface area contributed by atoms with Gasteiger partial charge in [0.15, 0.2) is 0 Å². The van der Waals surface area contributed by atoms with Gasteiger partial charge in [-0.05, 0) is 44.0 Å². The number of halogens is 2. The number of likely N-dealkylation sites (N-methyl/N-ethyl adjacent to an activating group) is 1. The van der Waals surface area contributed by atoms with E-state index in [1.54, 1.807) is 17.0 Å². The second-order valence-corrected chi connectivity index (χ2v) is 8.21. The van der Waals surface area contributed by atoms with Crippen molar-refractivity contribution in [2.75, 3.05) is 39.8 Å². The summed E-state index contributed by atoms with van der Waals surface area (Å²) in [5.74, 6) is -2.55. The summed E-state index contributed by atoms with van der Waals surface area (Å²) >= 11 is 0. The Kier molecular flexibility index (Phi) is 8.41. The van der Waals surface area contributed by atoms with Gasteiger partial charge in [0.2, 0.25) is 5.91 Å². The molecule has 0 spiro atoms. The Hall–Kier alpha value is -2.47. The first-order valence-electron chi connectivity index (χ1n) is 11.1. The molecular formula is C25H32F2N2O2. The molecule has 168 valence electrons. The number of rotatable bonds is 10. The van der Waals surface area contributed by atoms with Crippen molar-refractivity contribution in [2.45, 2.75) is 38.0 Å². The fourth-order valence-electron chi connectivity index (χ4n) is 3.74. The van der Waals surface area contributed by atoms with Gasteiger partial charge in [0, 0.05) is 44.6 Å². The fourth-order valence-corrected chi connectivity index (χ4v) is 3.74. The quantitative estimate of drug-likeness (QED) is 0.511. The average molecular weight is 431 g/mol. The van der Waals surface area contributed by atoms with Gasteiger partial charge in [0.1, 0.15) is 5.75 Å². The van der Waals surface area contributed by atoms with E-state index in [9.17, 15) is 13.6 Å². The Morgan fingerprint density at radius 3 is 2.48 bits per heavy atom. The van der Waals surface area contributed by atoms with Crippen LogP contribution in [0.3, 0.4) is 0 Å². The van der Waals surface area contributed by atoms with Gasteiger partial charge in [-0.25, -0.2) is 8.78 Å². The van der Waals surface area contributed by atoms with Crippen LogP contribution in [-0.2, 0) is 17.1 Å². The lowest BCUT2D eigenvalue weighted by atomic mass is 10.0. The maximum absolute atomic E-state index is 14.7. The van der Waals surface area contributed by atoms with Crippen molar-refractivity contribution in [3.63, 3.8) is 0 Å². The van der Waals surface area contributed by atoms with Crippen molar-refractivity contribution < 1.29 is 18.3 Å². The third kappa shape index (κ3) is 7.31. The Balaban J connectivity index is 1.43. The first-order chi connectivity index (χ1) is 14.9. The number of aryl methyl sites for hydroxylation is 1. The van der Waals surface area contributed by atoms with Crippen molar-refractivity contribution in [3.8, 4) is 5.75 Å². The lowest BCUT2D eigenvalue weighted by Gasteiger charge is -2.32. The van der Waals surface area contributed by atoms with E-state index in [0.29, 0.717) is 25.4 Å². The summed E-state index contributed by atoms with van der Waals surface area (Å²) < 4.78 is 35.1. The van der Waals surface area contributed by atoms with E-state index in [-0.39, 0.29) is 30.7 Å². The molecule has 1 aliphatic heterocycles. The Morgan fingerprint density at radius 1 is 1.00 bits per heavy atom. The molecule has 2 aromatic rings. The number of ether oxygens (including phenoxy) is 1. The van der Waals surface area contributed by atoms with Gasteiger partial charge in [-0.3, -0.25) is 4.79 Å². The minimum absolute atomic E-state index is 0.0283. The smallest absolute Gasteiger partial charge is 0.273 e. The zero-order valence-corrected chi connectivity index (χ0v) is 18.2. The summed E-state index contributed by atoms with van der Waals surface area (Å²) in [4.78, 5) is 16.2. The number of amides is 1. The summed E-state index contributed by atoms with van der Waals surface area (Å²) in [6, 6.07) is 16.3. The molecule has 1 fully saturated rings. The van der Waals surface area contributed by atoms with E-state index in [4.69, 9.17) is 4.74 Å². The zero-order valence-electron chi connectivity index (χ0n) is 18.2. The molecule has 0 aromatic heterocycles. The molecule has 0 saturated carbocycles.